The quantitative estimate of drug-likeness (QED) is 0.647. The fourth-order valence-corrected chi connectivity index (χ4v) is 2.25. The maximum atomic E-state index is 5.77. The van der Waals surface area contributed by atoms with Crippen molar-refractivity contribution < 1.29 is 4.74 Å². The van der Waals surface area contributed by atoms with Crippen molar-refractivity contribution in [3.63, 3.8) is 0 Å². The number of nitrogens with zero attached hydrogens (tertiary/aromatic N) is 1. The lowest BCUT2D eigenvalue weighted by Crippen LogP contribution is -2.29. The molecule has 0 heterocycles. The molecule has 0 bridgehead atoms. The summed E-state index contributed by atoms with van der Waals surface area (Å²) in [4.78, 5) is 2.07. The second kappa shape index (κ2) is 6.41. The molecule has 2 aromatic carbocycles. The van der Waals surface area contributed by atoms with Gasteiger partial charge < -0.3 is 9.64 Å². The van der Waals surface area contributed by atoms with Gasteiger partial charge >= 0.3 is 0 Å². The highest BCUT2D eigenvalue weighted by molar-refractivity contribution is 5.50. The number of nitrogens with one attached hydrogen (secondary N) is 1. The standard InChI is InChI=1S/C16H21N3O/c1-19(2)13-8-6-7-12(11-13)16(18-17)14-9-4-5-10-15(14)20-3/h4-11,16,18H,17H2,1-3H3. The van der Waals surface area contributed by atoms with Gasteiger partial charge in [0.15, 0.2) is 0 Å². The molecule has 4 heteroatoms. The smallest absolute Gasteiger partial charge is 0.124 e. The second-order valence-corrected chi connectivity index (χ2v) is 4.83. The van der Waals surface area contributed by atoms with Crippen molar-refractivity contribution in [3.8, 4) is 5.75 Å². The van der Waals surface area contributed by atoms with E-state index in [0.29, 0.717) is 0 Å². The topological polar surface area (TPSA) is 50.5 Å². The zero-order chi connectivity index (χ0) is 14.5. The number of hydrazine groups is 1. The second-order valence-electron chi connectivity index (χ2n) is 4.83. The average molecular weight is 271 g/mol. The van der Waals surface area contributed by atoms with E-state index in [1.54, 1.807) is 7.11 Å². The van der Waals surface area contributed by atoms with E-state index >= 15 is 0 Å². The van der Waals surface area contributed by atoms with E-state index in [0.717, 1.165) is 22.6 Å². The fraction of sp³-hybridized carbons (Fsp3) is 0.250. The van der Waals surface area contributed by atoms with Crippen LogP contribution in [-0.2, 0) is 0 Å². The fourth-order valence-electron chi connectivity index (χ4n) is 2.25. The molecule has 0 saturated carbocycles. The van der Waals surface area contributed by atoms with Crippen LogP contribution in [-0.4, -0.2) is 21.2 Å². The molecule has 0 aliphatic carbocycles. The van der Waals surface area contributed by atoms with Crippen molar-refractivity contribution in [3.05, 3.63) is 59.7 Å². The minimum absolute atomic E-state index is 0.106. The summed E-state index contributed by atoms with van der Waals surface area (Å²) in [5, 5.41) is 0. The third-order valence-corrected chi connectivity index (χ3v) is 3.34. The van der Waals surface area contributed by atoms with Gasteiger partial charge in [-0.15, -0.1) is 0 Å². The van der Waals surface area contributed by atoms with Crippen LogP contribution in [0.1, 0.15) is 17.2 Å². The van der Waals surface area contributed by atoms with Gasteiger partial charge in [-0.1, -0.05) is 30.3 Å². The van der Waals surface area contributed by atoms with E-state index < -0.39 is 0 Å². The van der Waals surface area contributed by atoms with Crippen LogP contribution in [0, 0.1) is 0 Å². The van der Waals surface area contributed by atoms with Crippen LogP contribution in [0.4, 0.5) is 5.69 Å². The molecule has 4 nitrogen and oxygen atoms in total. The molecular weight excluding hydrogens is 250 g/mol. The highest BCUT2D eigenvalue weighted by Gasteiger charge is 2.17. The number of ether oxygens (including phenoxy) is 1. The summed E-state index contributed by atoms with van der Waals surface area (Å²) in [5.41, 5.74) is 6.14. The van der Waals surface area contributed by atoms with Crippen molar-refractivity contribution in [1.82, 2.24) is 5.43 Å². The van der Waals surface area contributed by atoms with Gasteiger partial charge in [-0.2, -0.15) is 0 Å². The molecule has 0 aliphatic heterocycles. The number of hydrogen-bond donors (Lipinski definition) is 2. The number of anilines is 1. The van der Waals surface area contributed by atoms with Crippen molar-refractivity contribution in [2.75, 3.05) is 26.1 Å². The molecule has 0 aliphatic rings. The van der Waals surface area contributed by atoms with E-state index in [1.165, 1.54) is 0 Å². The highest BCUT2D eigenvalue weighted by Crippen LogP contribution is 2.30. The Morgan fingerprint density at radius 2 is 1.85 bits per heavy atom. The van der Waals surface area contributed by atoms with Gasteiger partial charge in [0.2, 0.25) is 0 Å². The van der Waals surface area contributed by atoms with Crippen LogP contribution >= 0.6 is 0 Å². The van der Waals surface area contributed by atoms with Crippen LogP contribution in [0.25, 0.3) is 0 Å². The number of hydrogen-bond acceptors (Lipinski definition) is 4. The van der Waals surface area contributed by atoms with Crippen molar-refractivity contribution in [2.45, 2.75) is 6.04 Å². The first kappa shape index (κ1) is 14.4. The van der Waals surface area contributed by atoms with Crippen LogP contribution in [0.2, 0.25) is 0 Å². The number of nitrogens with two attached hydrogens (primary N) is 1. The Bertz CT molecular complexity index is 569. The van der Waals surface area contributed by atoms with Gasteiger partial charge in [-0.05, 0) is 23.8 Å². The molecule has 0 amide bonds. The normalized spacial score (nSPS) is 12.0. The minimum Gasteiger partial charge on any atom is -0.496 e. The van der Waals surface area contributed by atoms with E-state index in [2.05, 4.69) is 28.5 Å². The van der Waals surface area contributed by atoms with Crippen molar-refractivity contribution >= 4 is 5.69 Å². The molecule has 1 unspecified atom stereocenters. The van der Waals surface area contributed by atoms with Crippen LogP contribution in [0.3, 0.4) is 0 Å². The van der Waals surface area contributed by atoms with E-state index in [1.807, 2.05) is 44.4 Å². The van der Waals surface area contributed by atoms with Gasteiger partial charge in [0.1, 0.15) is 5.75 Å². The zero-order valence-electron chi connectivity index (χ0n) is 12.1. The van der Waals surface area contributed by atoms with Gasteiger partial charge in [-0.3, -0.25) is 5.84 Å². The summed E-state index contributed by atoms with van der Waals surface area (Å²) < 4.78 is 5.42. The molecule has 0 radical (unpaired) electrons. The highest BCUT2D eigenvalue weighted by atomic mass is 16.5. The molecule has 0 fully saturated rings. The van der Waals surface area contributed by atoms with Crippen LogP contribution < -0.4 is 20.9 Å². The first-order chi connectivity index (χ1) is 9.67. The molecule has 0 saturated heterocycles. The zero-order valence-corrected chi connectivity index (χ0v) is 12.1. The Labute approximate surface area is 120 Å². The Morgan fingerprint density at radius 1 is 1.10 bits per heavy atom. The third-order valence-electron chi connectivity index (χ3n) is 3.34. The molecular formula is C16H21N3O. The predicted molar refractivity (Wildman–Crippen MR) is 82.9 cm³/mol. The predicted octanol–water partition coefficient (Wildman–Crippen LogP) is 2.31. The summed E-state index contributed by atoms with van der Waals surface area (Å²) in [7, 11) is 5.71. The average Bonchev–Trinajstić information content (AvgIpc) is 2.49. The largest absolute Gasteiger partial charge is 0.496 e. The lowest BCUT2D eigenvalue weighted by Gasteiger charge is -2.21. The monoisotopic (exact) mass is 271 g/mol. The summed E-state index contributed by atoms with van der Waals surface area (Å²) >= 11 is 0. The van der Waals surface area contributed by atoms with E-state index in [9.17, 15) is 0 Å². The van der Waals surface area contributed by atoms with E-state index in [-0.39, 0.29) is 6.04 Å². The lowest BCUT2D eigenvalue weighted by molar-refractivity contribution is 0.404. The Hall–Kier alpha value is -2.04. The van der Waals surface area contributed by atoms with Gasteiger partial charge in [-0.25, -0.2) is 5.43 Å². The molecule has 3 N–H and O–H groups in total. The number of rotatable bonds is 5. The van der Waals surface area contributed by atoms with Gasteiger partial charge in [0, 0.05) is 25.3 Å². The maximum absolute atomic E-state index is 5.77. The Kier molecular flexibility index (Phi) is 4.61. The first-order valence-corrected chi connectivity index (χ1v) is 6.53. The number of benzene rings is 2. The Balaban J connectivity index is 2.44. The van der Waals surface area contributed by atoms with Crippen molar-refractivity contribution in [1.29, 1.82) is 0 Å². The molecule has 106 valence electrons. The summed E-state index contributed by atoms with van der Waals surface area (Å²) in [5.74, 6) is 6.59. The lowest BCUT2D eigenvalue weighted by atomic mass is 9.98. The van der Waals surface area contributed by atoms with Gasteiger partial charge in [0.25, 0.3) is 0 Å². The summed E-state index contributed by atoms with van der Waals surface area (Å²) in [6, 6.07) is 16.1. The Morgan fingerprint density at radius 3 is 2.50 bits per heavy atom. The van der Waals surface area contributed by atoms with Gasteiger partial charge in [0.05, 0.1) is 13.2 Å². The molecule has 2 rings (SSSR count). The third kappa shape index (κ3) is 2.92. The molecule has 0 aromatic heterocycles. The SMILES string of the molecule is COc1ccccc1C(NN)c1cccc(N(C)C)c1. The van der Waals surface area contributed by atoms with E-state index in [4.69, 9.17) is 10.6 Å². The number of para-hydroxylation sites is 1. The molecule has 20 heavy (non-hydrogen) atoms. The first-order valence-electron chi connectivity index (χ1n) is 6.53. The maximum Gasteiger partial charge on any atom is 0.124 e. The van der Waals surface area contributed by atoms with Crippen LogP contribution in [0.15, 0.2) is 48.5 Å². The molecule has 0 spiro atoms. The van der Waals surface area contributed by atoms with Crippen molar-refractivity contribution in [2.24, 2.45) is 5.84 Å². The summed E-state index contributed by atoms with van der Waals surface area (Å²) in [6.07, 6.45) is 0. The number of methoxy groups -OCH3 is 1. The molecule has 2 aromatic rings. The minimum atomic E-state index is -0.106. The van der Waals surface area contributed by atoms with Crippen LogP contribution in [0.5, 0.6) is 5.75 Å². The summed E-state index contributed by atoms with van der Waals surface area (Å²) in [6.45, 7) is 0. The molecule has 1 atom stereocenters.